The van der Waals surface area contributed by atoms with Crippen LogP contribution in [0.3, 0.4) is 0 Å². The highest BCUT2D eigenvalue weighted by Crippen LogP contribution is 2.32. The summed E-state index contributed by atoms with van der Waals surface area (Å²) in [6.45, 7) is 3.09. The van der Waals surface area contributed by atoms with Gasteiger partial charge in [0, 0.05) is 10.8 Å². The van der Waals surface area contributed by atoms with E-state index in [1.165, 1.54) is 0 Å². The van der Waals surface area contributed by atoms with Gasteiger partial charge >= 0.3 is 0 Å². The molecule has 2 aromatic rings. The van der Waals surface area contributed by atoms with Gasteiger partial charge in [-0.3, -0.25) is 4.79 Å². The van der Waals surface area contributed by atoms with Crippen molar-refractivity contribution in [2.45, 2.75) is 18.7 Å². The molecule has 1 unspecified atom stereocenters. The average Bonchev–Trinajstić information content (AvgIpc) is 2.63. The second-order valence-electron chi connectivity index (χ2n) is 5.81. The zero-order valence-corrected chi connectivity index (χ0v) is 15.5. The summed E-state index contributed by atoms with van der Waals surface area (Å²) in [5, 5.41) is 3.74. The first kappa shape index (κ1) is 18.0. The highest BCUT2D eigenvalue weighted by Gasteiger charge is 2.15. The number of ether oxygens (including phenoxy) is 2. The first-order chi connectivity index (χ1) is 12.1. The highest BCUT2D eigenvalue weighted by molar-refractivity contribution is 7.99. The van der Waals surface area contributed by atoms with Gasteiger partial charge in [-0.15, -0.1) is 11.8 Å². The Morgan fingerprint density at radius 1 is 1.16 bits per heavy atom. The molecule has 0 bridgehead atoms. The Labute approximate surface area is 156 Å². The Morgan fingerprint density at radius 3 is 2.64 bits per heavy atom. The van der Waals surface area contributed by atoms with Crippen LogP contribution < -0.4 is 14.8 Å². The number of carbonyl (C=O) groups is 1. The summed E-state index contributed by atoms with van der Waals surface area (Å²) in [4.78, 5) is 12.2. The number of nitrogens with one attached hydrogen (secondary N) is 1. The van der Waals surface area contributed by atoms with Crippen molar-refractivity contribution in [3.63, 3.8) is 0 Å². The minimum atomic E-state index is -0.0838. The lowest BCUT2D eigenvalue weighted by atomic mass is 10.1. The van der Waals surface area contributed by atoms with Crippen LogP contribution in [0, 0.1) is 0 Å². The van der Waals surface area contributed by atoms with E-state index >= 15 is 0 Å². The van der Waals surface area contributed by atoms with Crippen LogP contribution in [-0.2, 0) is 10.5 Å². The molecule has 1 amide bonds. The van der Waals surface area contributed by atoms with Crippen LogP contribution in [0.1, 0.15) is 24.1 Å². The monoisotopic (exact) mass is 377 g/mol. The Bertz CT molecular complexity index is 736. The van der Waals surface area contributed by atoms with E-state index in [-0.39, 0.29) is 11.9 Å². The zero-order valence-electron chi connectivity index (χ0n) is 14.0. The number of thioether (sulfide) groups is 1. The molecule has 0 spiro atoms. The lowest BCUT2D eigenvalue weighted by molar-refractivity contribution is -0.119. The molecule has 0 saturated carbocycles. The fraction of sp³-hybridized carbons (Fsp3) is 0.316. The normalized spacial score (nSPS) is 14.0. The highest BCUT2D eigenvalue weighted by atomic mass is 35.5. The third-order valence-electron chi connectivity index (χ3n) is 3.86. The van der Waals surface area contributed by atoms with Gasteiger partial charge in [0.25, 0.3) is 0 Å². The SMILES string of the molecule is CC(NC(=O)CSCc1ccc(Cl)cc1)c1ccc2c(c1)OCCO2. The zero-order chi connectivity index (χ0) is 17.6. The average molecular weight is 378 g/mol. The lowest BCUT2D eigenvalue weighted by Crippen LogP contribution is -2.28. The maximum atomic E-state index is 12.2. The lowest BCUT2D eigenvalue weighted by Gasteiger charge is -2.21. The van der Waals surface area contributed by atoms with Crippen molar-refractivity contribution in [2.75, 3.05) is 19.0 Å². The number of hydrogen-bond donors (Lipinski definition) is 1. The van der Waals surface area contributed by atoms with E-state index in [0.29, 0.717) is 19.0 Å². The Kier molecular flexibility index (Phi) is 6.10. The summed E-state index contributed by atoms with van der Waals surface area (Å²) < 4.78 is 11.1. The summed E-state index contributed by atoms with van der Waals surface area (Å²) in [5.74, 6) is 2.70. The van der Waals surface area contributed by atoms with Crippen molar-refractivity contribution < 1.29 is 14.3 Å². The van der Waals surface area contributed by atoms with Crippen LogP contribution in [0.2, 0.25) is 5.02 Å². The number of rotatable bonds is 6. The minimum absolute atomic E-state index is 0.0151. The molecular formula is C19H20ClNO3S. The van der Waals surface area contributed by atoms with Crippen molar-refractivity contribution >= 4 is 29.3 Å². The number of hydrogen-bond acceptors (Lipinski definition) is 4. The number of halogens is 1. The summed E-state index contributed by atoms with van der Waals surface area (Å²) >= 11 is 7.45. The van der Waals surface area contributed by atoms with Gasteiger partial charge in [-0.25, -0.2) is 0 Å². The van der Waals surface area contributed by atoms with Crippen LogP contribution in [0.5, 0.6) is 11.5 Å². The summed E-state index contributed by atoms with van der Waals surface area (Å²) in [6.07, 6.45) is 0. The van der Waals surface area contributed by atoms with Crippen molar-refractivity contribution in [1.82, 2.24) is 5.32 Å². The Balaban J connectivity index is 1.48. The van der Waals surface area contributed by atoms with E-state index in [1.807, 2.05) is 49.4 Å². The van der Waals surface area contributed by atoms with Gasteiger partial charge in [0.15, 0.2) is 11.5 Å². The smallest absolute Gasteiger partial charge is 0.230 e. The second-order valence-corrected chi connectivity index (χ2v) is 7.23. The van der Waals surface area contributed by atoms with Gasteiger partial charge in [-0.1, -0.05) is 29.8 Å². The molecule has 0 aliphatic carbocycles. The maximum Gasteiger partial charge on any atom is 0.230 e. The van der Waals surface area contributed by atoms with Crippen LogP contribution in [0.15, 0.2) is 42.5 Å². The van der Waals surface area contributed by atoms with Gasteiger partial charge < -0.3 is 14.8 Å². The van der Waals surface area contributed by atoms with Gasteiger partial charge in [0.1, 0.15) is 13.2 Å². The molecule has 0 saturated heterocycles. The van der Waals surface area contributed by atoms with Crippen molar-refractivity contribution in [3.8, 4) is 11.5 Å². The molecular weight excluding hydrogens is 358 g/mol. The molecule has 3 rings (SSSR count). The molecule has 0 aromatic heterocycles. The van der Waals surface area contributed by atoms with Gasteiger partial charge in [-0.2, -0.15) is 0 Å². The summed E-state index contributed by atoms with van der Waals surface area (Å²) in [6, 6.07) is 13.4. The van der Waals surface area contributed by atoms with Crippen molar-refractivity contribution in [3.05, 3.63) is 58.6 Å². The molecule has 25 heavy (non-hydrogen) atoms. The van der Waals surface area contributed by atoms with E-state index < -0.39 is 0 Å². The first-order valence-electron chi connectivity index (χ1n) is 8.13. The quantitative estimate of drug-likeness (QED) is 0.818. The molecule has 1 atom stereocenters. The minimum Gasteiger partial charge on any atom is -0.486 e. The largest absolute Gasteiger partial charge is 0.486 e. The molecule has 1 N–H and O–H groups in total. The van der Waals surface area contributed by atoms with Gasteiger partial charge in [-0.05, 0) is 42.3 Å². The van der Waals surface area contributed by atoms with E-state index in [2.05, 4.69) is 5.32 Å². The second kappa shape index (κ2) is 8.50. The number of fused-ring (bicyclic) bond motifs is 1. The number of carbonyl (C=O) groups excluding carboxylic acids is 1. The number of amides is 1. The third kappa shape index (κ3) is 5.06. The fourth-order valence-electron chi connectivity index (χ4n) is 2.54. The topological polar surface area (TPSA) is 47.6 Å². The first-order valence-corrected chi connectivity index (χ1v) is 9.66. The van der Waals surface area contributed by atoms with Crippen LogP contribution in [0.25, 0.3) is 0 Å². The fourth-order valence-corrected chi connectivity index (χ4v) is 3.46. The molecule has 0 fully saturated rings. The summed E-state index contributed by atoms with van der Waals surface area (Å²) in [5.41, 5.74) is 2.15. The molecule has 132 valence electrons. The van der Waals surface area contributed by atoms with Crippen molar-refractivity contribution in [1.29, 1.82) is 0 Å². The van der Waals surface area contributed by atoms with Crippen LogP contribution in [0.4, 0.5) is 0 Å². The molecule has 6 heteroatoms. The third-order valence-corrected chi connectivity index (χ3v) is 5.11. The van der Waals surface area contributed by atoms with Crippen LogP contribution >= 0.6 is 23.4 Å². The van der Waals surface area contributed by atoms with E-state index in [4.69, 9.17) is 21.1 Å². The maximum absolute atomic E-state index is 12.2. The van der Waals surface area contributed by atoms with E-state index in [0.717, 1.165) is 33.4 Å². The molecule has 1 heterocycles. The molecule has 1 aliphatic rings. The van der Waals surface area contributed by atoms with Crippen molar-refractivity contribution in [2.24, 2.45) is 0 Å². The molecule has 2 aromatic carbocycles. The standard InChI is InChI=1S/C19H20ClNO3S/c1-13(15-4-7-17-18(10-15)24-9-8-23-17)21-19(22)12-25-11-14-2-5-16(20)6-3-14/h2-7,10,13H,8-9,11-12H2,1H3,(H,21,22). The molecule has 4 nitrogen and oxygen atoms in total. The van der Waals surface area contributed by atoms with E-state index in [1.54, 1.807) is 11.8 Å². The van der Waals surface area contributed by atoms with Crippen LogP contribution in [-0.4, -0.2) is 24.9 Å². The molecule has 0 radical (unpaired) electrons. The molecule has 1 aliphatic heterocycles. The van der Waals surface area contributed by atoms with E-state index in [9.17, 15) is 4.79 Å². The predicted molar refractivity (Wildman–Crippen MR) is 102 cm³/mol. The number of benzene rings is 2. The van der Waals surface area contributed by atoms with Gasteiger partial charge in [0.05, 0.1) is 11.8 Å². The predicted octanol–water partition coefficient (Wildman–Crippen LogP) is 4.22. The Hall–Kier alpha value is -1.85. The Morgan fingerprint density at radius 2 is 1.88 bits per heavy atom. The summed E-state index contributed by atoms with van der Waals surface area (Å²) in [7, 11) is 0. The van der Waals surface area contributed by atoms with Gasteiger partial charge in [0.2, 0.25) is 5.91 Å².